The summed E-state index contributed by atoms with van der Waals surface area (Å²) in [6.45, 7) is 0. The first-order valence-electron chi connectivity index (χ1n) is 5.82. The van der Waals surface area contributed by atoms with Crippen LogP contribution in [0.4, 0.5) is 13.2 Å². The number of carbonyl (C=O) groups excluding carboxylic acids is 1. The van der Waals surface area contributed by atoms with Crippen LogP contribution in [0.25, 0.3) is 0 Å². The smallest absolute Gasteiger partial charge is 0.373 e. The predicted octanol–water partition coefficient (Wildman–Crippen LogP) is 3.05. The zero-order valence-electron chi connectivity index (χ0n) is 10.3. The second-order valence-corrected chi connectivity index (χ2v) is 4.27. The van der Waals surface area contributed by atoms with Crippen LogP contribution in [-0.4, -0.2) is 17.1 Å². The maximum Gasteiger partial charge on any atom is 0.453 e. The Labute approximate surface area is 113 Å². The van der Waals surface area contributed by atoms with Gasteiger partial charge in [0.25, 0.3) is 5.78 Å². The van der Waals surface area contributed by atoms with Crippen molar-refractivity contribution >= 4 is 5.78 Å². The molecule has 0 aliphatic heterocycles. The molecule has 0 aromatic heterocycles. The fourth-order valence-electron chi connectivity index (χ4n) is 1.99. The third-order valence-electron chi connectivity index (χ3n) is 2.97. The van der Waals surface area contributed by atoms with Gasteiger partial charge in [0.1, 0.15) is 0 Å². The van der Waals surface area contributed by atoms with E-state index in [0.717, 1.165) is 0 Å². The molecule has 0 amide bonds. The monoisotopic (exact) mass is 280 g/mol. The first kappa shape index (κ1) is 14.3. The topological polar surface area (TPSA) is 37.3 Å². The number of benzene rings is 2. The van der Waals surface area contributed by atoms with Crippen LogP contribution >= 0.6 is 0 Å². The lowest BCUT2D eigenvalue weighted by Gasteiger charge is -2.28. The molecule has 104 valence electrons. The molecule has 2 aromatic carbocycles. The highest BCUT2D eigenvalue weighted by atomic mass is 19.4. The standard InChI is InChI=1S/C15H11F3O2/c16-15(17,18)13(19)14(20,11-7-3-1-4-8-11)12-9-5-2-6-10-12/h1-10,20H. The fraction of sp³-hybridized carbons (Fsp3) is 0.133. The van der Waals surface area contributed by atoms with Crippen LogP contribution in [0.1, 0.15) is 11.1 Å². The number of hydrogen-bond donors (Lipinski definition) is 1. The Kier molecular flexibility index (Phi) is 3.63. The normalized spacial score (nSPS) is 12.2. The Morgan fingerprint density at radius 3 is 1.45 bits per heavy atom. The van der Waals surface area contributed by atoms with E-state index in [4.69, 9.17) is 0 Å². The minimum absolute atomic E-state index is 0.117. The summed E-state index contributed by atoms with van der Waals surface area (Å²) in [5.41, 5.74) is -2.97. The molecule has 2 rings (SSSR count). The second kappa shape index (κ2) is 5.09. The third kappa shape index (κ3) is 2.44. The predicted molar refractivity (Wildman–Crippen MR) is 66.9 cm³/mol. The van der Waals surface area contributed by atoms with Crippen LogP contribution in [0.15, 0.2) is 60.7 Å². The summed E-state index contributed by atoms with van der Waals surface area (Å²) in [5.74, 6) is -2.21. The van der Waals surface area contributed by atoms with Crippen molar-refractivity contribution in [3.05, 3.63) is 71.8 Å². The first-order chi connectivity index (χ1) is 9.37. The van der Waals surface area contributed by atoms with Crippen molar-refractivity contribution < 1.29 is 23.1 Å². The summed E-state index contributed by atoms with van der Waals surface area (Å²) in [6, 6.07) is 14.2. The van der Waals surface area contributed by atoms with Crippen molar-refractivity contribution in [1.82, 2.24) is 0 Å². The summed E-state index contributed by atoms with van der Waals surface area (Å²) in [6.07, 6.45) is -5.14. The zero-order valence-corrected chi connectivity index (χ0v) is 10.3. The number of hydrogen-bond acceptors (Lipinski definition) is 2. The minimum atomic E-state index is -5.14. The summed E-state index contributed by atoms with van der Waals surface area (Å²) in [7, 11) is 0. The summed E-state index contributed by atoms with van der Waals surface area (Å²) < 4.78 is 38.4. The molecule has 5 heteroatoms. The van der Waals surface area contributed by atoms with Crippen molar-refractivity contribution in [2.75, 3.05) is 0 Å². The van der Waals surface area contributed by atoms with E-state index >= 15 is 0 Å². The van der Waals surface area contributed by atoms with Crippen LogP contribution in [-0.2, 0) is 10.4 Å². The van der Waals surface area contributed by atoms with E-state index in [-0.39, 0.29) is 11.1 Å². The van der Waals surface area contributed by atoms with Gasteiger partial charge in [0.2, 0.25) is 0 Å². The molecule has 1 N–H and O–H groups in total. The fourth-order valence-corrected chi connectivity index (χ4v) is 1.99. The van der Waals surface area contributed by atoms with Gasteiger partial charge in [-0.05, 0) is 11.1 Å². The first-order valence-corrected chi connectivity index (χ1v) is 5.82. The molecule has 0 aliphatic rings. The molecule has 0 fully saturated rings. The van der Waals surface area contributed by atoms with Crippen LogP contribution < -0.4 is 0 Å². The SMILES string of the molecule is O=C(C(F)(F)F)C(O)(c1ccccc1)c1ccccc1. The second-order valence-electron chi connectivity index (χ2n) is 4.27. The summed E-state index contributed by atoms with van der Waals surface area (Å²) >= 11 is 0. The van der Waals surface area contributed by atoms with Crippen molar-refractivity contribution in [3.8, 4) is 0 Å². The van der Waals surface area contributed by atoms with Gasteiger partial charge in [-0.1, -0.05) is 60.7 Å². The summed E-state index contributed by atoms with van der Waals surface area (Å²) in [4.78, 5) is 11.7. The summed E-state index contributed by atoms with van der Waals surface area (Å²) in [5, 5.41) is 10.5. The number of halogens is 3. The van der Waals surface area contributed by atoms with Crippen LogP contribution in [0.2, 0.25) is 0 Å². The number of carbonyl (C=O) groups is 1. The molecule has 0 unspecified atom stereocenters. The lowest BCUT2D eigenvalue weighted by molar-refractivity contribution is -0.187. The Bertz CT molecular complexity index is 552. The van der Waals surface area contributed by atoms with Crippen molar-refractivity contribution in [2.24, 2.45) is 0 Å². The van der Waals surface area contributed by atoms with E-state index in [1.165, 1.54) is 48.5 Å². The highest BCUT2D eigenvalue weighted by molar-refractivity contribution is 5.96. The molecule has 0 aliphatic carbocycles. The van der Waals surface area contributed by atoms with Gasteiger partial charge in [-0.25, -0.2) is 0 Å². The van der Waals surface area contributed by atoms with Gasteiger partial charge in [-0.2, -0.15) is 13.2 Å². The average Bonchev–Trinajstić information content (AvgIpc) is 2.46. The molecule has 0 saturated heterocycles. The van der Waals surface area contributed by atoms with E-state index in [0.29, 0.717) is 0 Å². The van der Waals surface area contributed by atoms with Gasteiger partial charge in [0.15, 0.2) is 5.60 Å². The lowest BCUT2D eigenvalue weighted by Crippen LogP contribution is -2.45. The Morgan fingerprint density at radius 1 is 0.800 bits per heavy atom. The molecule has 0 heterocycles. The Hall–Kier alpha value is -2.14. The molecule has 0 atom stereocenters. The van der Waals surface area contributed by atoms with Crippen LogP contribution in [0.3, 0.4) is 0 Å². The molecule has 20 heavy (non-hydrogen) atoms. The van der Waals surface area contributed by atoms with Gasteiger partial charge < -0.3 is 5.11 Å². The van der Waals surface area contributed by atoms with E-state index < -0.39 is 17.6 Å². The minimum Gasteiger partial charge on any atom is -0.373 e. The van der Waals surface area contributed by atoms with Gasteiger partial charge in [-0.3, -0.25) is 4.79 Å². The number of Topliss-reactive ketones (excluding diaryl/α,β-unsaturated/α-hetero) is 1. The quantitative estimate of drug-likeness (QED) is 0.938. The highest BCUT2D eigenvalue weighted by Crippen LogP contribution is 2.36. The Morgan fingerprint density at radius 2 is 1.15 bits per heavy atom. The molecule has 0 spiro atoms. The highest BCUT2D eigenvalue weighted by Gasteiger charge is 2.54. The van der Waals surface area contributed by atoms with E-state index in [9.17, 15) is 23.1 Å². The van der Waals surface area contributed by atoms with Gasteiger partial charge in [0.05, 0.1) is 0 Å². The van der Waals surface area contributed by atoms with Gasteiger partial charge in [0, 0.05) is 0 Å². The maximum absolute atomic E-state index is 12.8. The molecule has 2 nitrogen and oxygen atoms in total. The third-order valence-corrected chi connectivity index (χ3v) is 2.97. The van der Waals surface area contributed by atoms with Crippen molar-refractivity contribution in [3.63, 3.8) is 0 Å². The number of rotatable bonds is 3. The van der Waals surface area contributed by atoms with Gasteiger partial charge >= 0.3 is 6.18 Å². The number of aliphatic hydroxyl groups is 1. The molecule has 2 aromatic rings. The van der Waals surface area contributed by atoms with Crippen LogP contribution in [0.5, 0.6) is 0 Å². The molecule has 0 saturated carbocycles. The van der Waals surface area contributed by atoms with E-state index in [1.807, 2.05) is 0 Å². The average molecular weight is 280 g/mol. The zero-order chi connectivity index (χ0) is 14.8. The largest absolute Gasteiger partial charge is 0.453 e. The number of ketones is 1. The van der Waals surface area contributed by atoms with E-state index in [1.54, 1.807) is 12.1 Å². The lowest BCUT2D eigenvalue weighted by atomic mass is 9.82. The van der Waals surface area contributed by atoms with E-state index in [2.05, 4.69) is 0 Å². The molecular weight excluding hydrogens is 269 g/mol. The van der Waals surface area contributed by atoms with Crippen molar-refractivity contribution in [2.45, 2.75) is 11.8 Å². The van der Waals surface area contributed by atoms with Gasteiger partial charge in [-0.15, -0.1) is 0 Å². The number of alkyl halides is 3. The Balaban J connectivity index is 2.65. The van der Waals surface area contributed by atoms with Crippen molar-refractivity contribution in [1.29, 1.82) is 0 Å². The molecule has 0 bridgehead atoms. The molecular formula is C15H11F3O2. The molecule has 0 radical (unpaired) electrons. The van der Waals surface area contributed by atoms with Crippen LogP contribution in [0, 0.1) is 0 Å². The maximum atomic E-state index is 12.8.